The Hall–Kier alpha value is -1.95. The number of carbonyl (C=O) groups excluding carboxylic acids is 1. The Bertz CT molecular complexity index is 418. The van der Waals surface area contributed by atoms with E-state index >= 15 is 0 Å². The molecular weight excluding hydrogens is 202 g/mol. The van der Waals surface area contributed by atoms with Crippen LogP contribution in [0.1, 0.15) is 22.3 Å². The van der Waals surface area contributed by atoms with E-state index in [0.717, 1.165) is 5.56 Å². The molecule has 0 bridgehead atoms. The Kier molecular flexibility index (Phi) is 4.41. The van der Waals surface area contributed by atoms with Crippen molar-refractivity contribution in [2.45, 2.75) is 13.3 Å². The lowest BCUT2D eigenvalue weighted by Crippen LogP contribution is -2.24. The summed E-state index contributed by atoms with van der Waals surface area (Å²) in [7, 11) is 1.59. The molecule has 0 saturated carbocycles. The molecule has 0 radical (unpaired) electrons. The minimum atomic E-state index is -0.131. The summed E-state index contributed by atoms with van der Waals surface area (Å²) in [5, 5.41) is 2.73. The topological polar surface area (TPSA) is 38.3 Å². The molecule has 0 fully saturated rings. The fraction of sp³-hybridized carbons (Fsp3) is 0.308. The Morgan fingerprint density at radius 1 is 1.56 bits per heavy atom. The predicted molar refractivity (Wildman–Crippen MR) is 63.5 cm³/mol. The normalized spacial score (nSPS) is 9.31. The summed E-state index contributed by atoms with van der Waals surface area (Å²) in [6.07, 6.45) is 5.63. The maximum atomic E-state index is 11.7. The highest BCUT2D eigenvalue weighted by Crippen LogP contribution is 2.18. The van der Waals surface area contributed by atoms with Gasteiger partial charge in [0.25, 0.3) is 5.91 Å². The van der Waals surface area contributed by atoms with E-state index in [1.165, 1.54) is 0 Å². The predicted octanol–water partition coefficient (Wildman–Crippen LogP) is 1.76. The van der Waals surface area contributed by atoms with Crippen LogP contribution in [0, 0.1) is 19.3 Å². The van der Waals surface area contributed by atoms with Crippen molar-refractivity contribution in [3.63, 3.8) is 0 Å². The van der Waals surface area contributed by atoms with Crippen LogP contribution < -0.4 is 10.1 Å². The number of hydrogen-bond acceptors (Lipinski definition) is 2. The lowest BCUT2D eigenvalue weighted by molar-refractivity contribution is 0.0954. The van der Waals surface area contributed by atoms with Crippen molar-refractivity contribution >= 4 is 5.91 Å². The summed E-state index contributed by atoms with van der Waals surface area (Å²) in [6.45, 7) is 2.42. The third-order valence-corrected chi connectivity index (χ3v) is 2.23. The monoisotopic (exact) mass is 217 g/mol. The van der Waals surface area contributed by atoms with Gasteiger partial charge in [0.2, 0.25) is 0 Å². The van der Waals surface area contributed by atoms with E-state index in [-0.39, 0.29) is 5.91 Å². The smallest absolute Gasteiger partial charge is 0.251 e. The highest BCUT2D eigenvalue weighted by atomic mass is 16.5. The Morgan fingerprint density at radius 3 is 2.94 bits per heavy atom. The van der Waals surface area contributed by atoms with Crippen molar-refractivity contribution in [3.8, 4) is 18.1 Å². The molecule has 0 unspecified atom stereocenters. The molecule has 1 aromatic rings. The molecule has 0 saturated heterocycles. The molecule has 0 spiro atoms. The van der Waals surface area contributed by atoms with Crippen LogP contribution in [0.3, 0.4) is 0 Å². The average Bonchev–Trinajstić information content (AvgIpc) is 2.30. The number of nitrogens with one attached hydrogen (secondary N) is 1. The highest BCUT2D eigenvalue weighted by molar-refractivity contribution is 5.94. The van der Waals surface area contributed by atoms with Gasteiger partial charge in [0, 0.05) is 18.5 Å². The van der Waals surface area contributed by atoms with Gasteiger partial charge in [0.05, 0.1) is 7.11 Å². The number of carbonyl (C=O) groups is 1. The quantitative estimate of drug-likeness (QED) is 0.616. The van der Waals surface area contributed by atoms with Gasteiger partial charge >= 0.3 is 0 Å². The first-order valence-corrected chi connectivity index (χ1v) is 5.05. The van der Waals surface area contributed by atoms with Gasteiger partial charge in [-0.3, -0.25) is 4.79 Å². The van der Waals surface area contributed by atoms with E-state index in [1.54, 1.807) is 19.2 Å². The number of aryl methyl sites for hydroxylation is 1. The molecule has 1 rings (SSSR count). The number of hydrogen-bond donors (Lipinski definition) is 1. The van der Waals surface area contributed by atoms with Gasteiger partial charge in [-0.15, -0.1) is 12.3 Å². The Morgan fingerprint density at radius 2 is 2.31 bits per heavy atom. The van der Waals surface area contributed by atoms with Gasteiger partial charge in [0.15, 0.2) is 0 Å². The summed E-state index contributed by atoms with van der Waals surface area (Å²) in [6, 6.07) is 5.35. The molecule has 0 aliphatic heterocycles. The van der Waals surface area contributed by atoms with Gasteiger partial charge in [0.1, 0.15) is 5.75 Å². The minimum Gasteiger partial charge on any atom is -0.496 e. The first-order chi connectivity index (χ1) is 7.69. The zero-order valence-corrected chi connectivity index (χ0v) is 9.54. The third-order valence-electron chi connectivity index (χ3n) is 2.23. The number of methoxy groups -OCH3 is 1. The molecule has 3 heteroatoms. The first-order valence-electron chi connectivity index (χ1n) is 5.05. The zero-order chi connectivity index (χ0) is 12.0. The van der Waals surface area contributed by atoms with E-state index in [0.29, 0.717) is 24.3 Å². The lowest BCUT2D eigenvalue weighted by Gasteiger charge is -2.07. The van der Waals surface area contributed by atoms with Gasteiger partial charge in [-0.25, -0.2) is 0 Å². The van der Waals surface area contributed by atoms with Gasteiger partial charge in [-0.2, -0.15) is 0 Å². The second kappa shape index (κ2) is 5.82. The summed E-state index contributed by atoms with van der Waals surface area (Å²) in [4.78, 5) is 11.7. The summed E-state index contributed by atoms with van der Waals surface area (Å²) >= 11 is 0. The Labute approximate surface area is 95.8 Å². The third kappa shape index (κ3) is 3.03. The summed E-state index contributed by atoms with van der Waals surface area (Å²) in [5.41, 5.74) is 1.59. The number of amides is 1. The Balaban J connectivity index is 2.73. The summed E-state index contributed by atoms with van der Waals surface area (Å²) < 4.78 is 5.15. The molecule has 16 heavy (non-hydrogen) atoms. The molecule has 3 nitrogen and oxygen atoms in total. The highest BCUT2D eigenvalue weighted by Gasteiger charge is 2.07. The minimum absolute atomic E-state index is 0.131. The molecular formula is C13H15NO2. The first kappa shape index (κ1) is 12.1. The molecule has 0 aliphatic rings. The maximum Gasteiger partial charge on any atom is 0.251 e. The number of ether oxygens (including phenoxy) is 1. The molecule has 0 aliphatic carbocycles. The second-order valence-corrected chi connectivity index (χ2v) is 3.39. The molecule has 1 aromatic carbocycles. The fourth-order valence-electron chi connectivity index (χ4n) is 1.31. The van der Waals surface area contributed by atoms with Crippen molar-refractivity contribution in [1.82, 2.24) is 5.32 Å². The van der Waals surface area contributed by atoms with Crippen molar-refractivity contribution in [3.05, 3.63) is 29.3 Å². The molecule has 0 atom stereocenters. The van der Waals surface area contributed by atoms with E-state index in [1.807, 2.05) is 13.0 Å². The van der Waals surface area contributed by atoms with E-state index in [9.17, 15) is 4.79 Å². The number of rotatable bonds is 4. The zero-order valence-electron chi connectivity index (χ0n) is 9.54. The van der Waals surface area contributed by atoms with Crippen LogP contribution in [0.5, 0.6) is 5.75 Å². The standard InChI is InChI=1S/C13H15NO2/c1-4-5-8-14-13(15)11-7-6-10(2)12(9-11)16-3/h1,6-7,9H,5,8H2,2-3H3,(H,14,15). The van der Waals surface area contributed by atoms with E-state index in [2.05, 4.69) is 11.2 Å². The molecule has 0 heterocycles. The largest absolute Gasteiger partial charge is 0.496 e. The van der Waals surface area contributed by atoms with Crippen LogP contribution in [0.25, 0.3) is 0 Å². The van der Waals surface area contributed by atoms with Crippen molar-refractivity contribution in [1.29, 1.82) is 0 Å². The number of terminal acetylenes is 1. The van der Waals surface area contributed by atoms with Gasteiger partial charge < -0.3 is 10.1 Å². The lowest BCUT2D eigenvalue weighted by atomic mass is 10.1. The summed E-state index contributed by atoms with van der Waals surface area (Å²) in [5.74, 6) is 3.05. The second-order valence-electron chi connectivity index (χ2n) is 3.39. The molecule has 1 N–H and O–H groups in total. The van der Waals surface area contributed by atoms with Gasteiger partial charge in [-0.05, 0) is 24.6 Å². The fourth-order valence-corrected chi connectivity index (χ4v) is 1.31. The molecule has 84 valence electrons. The van der Waals surface area contributed by atoms with Crippen LogP contribution in [-0.2, 0) is 0 Å². The molecule has 0 aromatic heterocycles. The van der Waals surface area contributed by atoms with Crippen LogP contribution in [0.15, 0.2) is 18.2 Å². The van der Waals surface area contributed by atoms with Crippen LogP contribution in [-0.4, -0.2) is 19.6 Å². The van der Waals surface area contributed by atoms with Crippen LogP contribution >= 0.6 is 0 Å². The van der Waals surface area contributed by atoms with Crippen molar-refractivity contribution < 1.29 is 9.53 Å². The van der Waals surface area contributed by atoms with E-state index < -0.39 is 0 Å². The van der Waals surface area contributed by atoms with Crippen molar-refractivity contribution in [2.24, 2.45) is 0 Å². The van der Waals surface area contributed by atoms with Crippen LogP contribution in [0.4, 0.5) is 0 Å². The van der Waals surface area contributed by atoms with Crippen molar-refractivity contribution in [2.75, 3.05) is 13.7 Å². The van der Waals surface area contributed by atoms with Crippen LogP contribution in [0.2, 0.25) is 0 Å². The number of benzene rings is 1. The molecule has 1 amide bonds. The van der Waals surface area contributed by atoms with E-state index in [4.69, 9.17) is 11.2 Å². The average molecular weight is 217 g/mol. The maximum absolute atomic E-state index is 11.7. The SMILES string of the molecule is C#CCCNC(=O)c1ccc(C)c(OC)c1. The van der Waals surface area contributed by atoms with Gasteiger partial charge in [-0.1, -0.05) is 6.07 Å².